The fourth-order valence-electron chi connectivity index (χ4n) is 3.17. The van der Waals surface area contributed by atoms with Crippen LogP contribution in [-0.4, -0.2) is 17.1 Å². The van der Waals surface area contributed by atoms with Crippen molar-refractivity contribution < 1.29 is 4.74 Å². The molecule has 1 aromatic heterocycles. The Morgan fingerprint density at radius 2 is 1.35 bits per heavy atom. The molecule has 0 saturated carbocycles. The number of methoxy groups -OCH3 is 1. The molecule has 0 aliphatic carbocycles. The molecule has 26 heavy (non-hydrogen) atoms. The van der Waals surface area contributed by atoms with Crippen LogP contribution < -0.4 is 4.74 Å². The molecule has 4 aromatic rings. The van der Waals surface area contributed by atoms with Crippen molar-refractivity contribution in [3.63, 3.8) is 0 Å². The van der Waals surface area contributed by atoms with Gasteiger partial charge < -0.3 is 4.74 Å². The van der Waals surface area contributed by atoms with E-state index in [-0.39, 0.29) is 0 Å². The zero-order valence-corrected chi connectivity index (χ0v) is 14.7. The van der Waals surface area contributed by atoms with Crippen LogP contribution in [0.25, 0.3) is 22.3 Å². The zero-order chi connectivity index (χ0) is 17.8. The maximum atomic E-state index is 5.56. The minimum absolute atomic E-state index is 0.818. The summed E-state index contributed by atoms with van der Waals surface area (Å²) in [6.07, 6.45) is 1.76. The van der Waals surface area contributed by atoms with Gasteiger partial charge in [0.25, 0.3) is 0 Å². The van der Waals surface area contributed by atoms with Crippen LogP contribution in [0.15, 0.2) is 78.9 Å². The van der Waals surface area contributed by atoms with Crippen LogP contribution in [0.4, 0.5) is 0 Å². The molecule has 128 valence electrons. The van der Waals surface area contributed by atoms with E-state index in [1.165, 1.54) is 5.56 Å². The smallest absolute Gasteiger partial charge is 0.128 e. The first-order chi connectivity index (χ1) is 12.8. The molecule has 0 atom stereocenters. The second-order valence-electron chi connectivity index (χ2n) is 6.19. The van der Waals surface area contributed by atoms with Gasteiger partial charge in [-0.2, -0.15) is 0 Å². The third-order valence-electron chi connectivity index (χ3n) is 4.50. The van der Waals surface area contributed by atoms with E-state index in [1.54, 1.807) is 7.11 Å². The van der Waals surface area contributed by atoms with Gasteiger partial charge in [0.15, 0.2) is 0 Å². The molecule has 3 nitrogen and oxygen atoms in total. The summed E-state index contributed by atoms with van der Waals surface area (Å²) in [6, 6.07) is 26.5. The molecule has 3 aromatic carbocycles. The molecule has 0 saturated heterocycles. The molecular weight excluding hydrogens is 320 g/mol. The van der Waals surface area contributed by atoms with Crippen molar-refractivity contribution >= 4 is 11.0 Å². The molecule has 0 aliphatic heterocycles. The van der Waals surface area contributed by atoms with Gasteiger partial charge in [-0.15, -0.1) is 0 Å². The lowest BCUT2D eigenvalue weighted by molar-refractivity contribution is 0.416. The summed E-state index contributed by atoms with van der Waals surface area (Å²) < 4.78 is 5.56. The number of nitrogens with zero attached hydrogens (tertiary/aromatic N) is 2. The van der Waals surface area contributed by atoms with E-state index < -0.39 is 0 Å². The van der Waals surface area contributed by atoms with Crippen molar-refractivity contribution in [3.05, 3.63) is 90.1 Å². The third-order valence-corrected chi connectivity index (χ3v) is 4.50. The van der Waals surface area contributed by atoms with E-state index in [9.17, 15) is 0 Å². The summed E-state index contributed by atoms with van der Waals surface area (Å²) in [6.45, 7) is 0. The standard InChI is InChI=1S/C23H20N2O/c1-26-22-14-8-5-11-18(22)23-21(16-15-17-9-3-2-4-10-17)24-19-12-6-7-13-20(19)25-23/h2-14H,15-16H2,1H3. The van der Waals surface area contributed by atoms with Gasteiger partial charge in [0.05, 0.1) is 29.5 Å². The van der Waals surface area contributed by atoms with Gasteiger partial charge in [0.1, 0.15) is 5.75 Å². The average Bonchev–Trinajstić information content (AvgIpc) is 2.72. The summed E-state index contributed by atoms with van der Waals surface area (Å²) in [7, 11) is 1.69. The van der Waals surface area contributed by atoms with Crippen LogP contribution >= 0.6 is 0 Å². The van der Waals surface area contributed by atoms with E-state index in [2.05, 4.69) is 24.3 Å². The molecule has 0 radical (unpaired) electrons. The fraction of sp³-hybridized carbons (Fsp3) is 0.130. The minimum atomic E-state index is 0.818. The van der Waals surface area contributed by atoms with Crippen molar-refractivity contribution in [2.75, 3.05) is 7.11 Å². The second-order valence-corrected chi connectivity index (χ2v) is 6.19. The Hall–Kier alpha value is -3.20. The molecule has 1 heterocycles. The Balaban J connectivity index is 1.81. The predicted molar refractivity (Wildman–Crippen MR) is 105 cm³/mol. The molecule has 0 fully saturated rings. The summed E-state index contributed by atoms with van der Waals surface area (Å²) in [4.78, 5) is 9.85. The lowest BCUT2D eigenvalue weighted by atomic mass is 10.0. The van der Waals surface area contributed by atoms with Crippen molar-refractivity contribution in [1.82, 2.24) is 9.97 Å². The molecule has 3 heteroatoms. The first kappa shape index (κ1) is 16.3. The second kappa shape index (κ2) is 7.36. The number of aryl methyl sites for hydroxylation is 2. The predicted octanol–water partition coefficient (Wildman–Crippen LogP) is 5.09. The average molecular weight is 340 g/mol. The van der Waals surface area contributed by atoms with Crippen molar-refractivity contribution in [2.24, 2.45) is 0 Å². The fourth-order valence-corrected chi connectivity index (χ4v) is 3.17. The summed E-state index contributed by atoms with van der Waals surface area (Å²) in [5, 5.41) is 0. The molecule has 0 spiro atoms. The number of hydrogen-bond donors (Lipinski definition) is 0. The van der Waals surface area contributed by atoms with Crippen LogP contribution in [0.3, 0.4) is 0 Å². The first-order valence-corrected chi connectivity index (χ1v) is 8.78. The molecular formula is C23H20N2O. The van der Waals surface area contributed by atoms with Crippen molar-refractivity contribution in [1.29, 1.82) is 0 Å². The Morgan fingerprint density at radius 1 is 0.692 bits per heavy atom. The Kier molecular flexibility index (Phi) is 4.61. The SMILES string of the molecule is COc1ccccc1-c1nc2ccccc2nc1CCc1ccccc1. The molecule has 4 rings (SSSR count). The number of rotatable bonds is 5. The number of hydrogen-bond acceptors (Lipinski definition) is 3. The number of fused-ring (bicyclic) bond motifs is 1. The highest BCUT2D eigenvalue weighted by Gasteiger charge is 2.14. The van der Waals surface area contributed by atoms with E-state index in [0.29, 0.717) is 0 Å². The van der Waals surface area contributed by atoms with Gasteiger partial charge in [-0.25, -0.2) is 9.97 Å². The summed E-state index contributed by atoms with van der Waals surface area (Å²) >= 11 is 0. The van der Waals surface area contributed by atoms with Crippen molar-refractivity contribution in [3.8, 4) is 17.0 Å². The number of benzene rings is 3. The number of ether oxygens (including phenoxy) is 1. The molecule has 0 aliphatic rings. The number of aromatic nitrogens is 2. The van der Waals surface area contributed by atoms with Gasteiger partial charge in [0.2, 0.25) is 0 Å². The quantitative estimate of drug-likeness (QED) is 0.507. The van der Waals surface area contributed by atoms with Crippen LogP contribution in [0, 0.1) is 0 Å². The first-order valence-electron chi connectivity index (χ1n) is 8.78. The minimum Gasteiger partial charge on any atom is -0.496 e. The summed E-state index contributed by atoms with van der Waals surface area (Å²) in [5.41, 5.74) is 6.00. The molecule has 0 amide bonds. The highest BCUT2D eigenvalue weighted by molar-refractivity contribution is 5.80. The van der Waals surface area contributed by atoms with Crippen LogP contribution in [-0.2, 0) is 12.8 Å². The van der Waals surface area contributed by atoms with Crippen molar-refractivity contribution in [2.45, 2.75) is 12.8 Å². The largest absolute Gasteiger partial charge is 0.496 e. The lowest BCUT2D eigenvalue weighted by Crippen LogP contribution is -2.02. The highest BCUT2D eigenvalue weighted by Crippen LogP contribution is 2.31. The topological polar surface area (TPSA) is 35.0 Å². The lowest BCUT2D eigenvalue weighted by Gasteiger charge is -2.13. The Labute approximate surface area is 153 Å². The van der Waals surface area contributed by atoms with Gasteiger partial charge in [-0.1, -0.05) is 54.6 Å². The number of para-hydroxylation sites is 3. The van der Waals surface area contributed by atoms with Crippen LogP contribution in [0.1, 0.15) is 11.3 Å². The normalized spacial score (nSPS) is 10.8. The van der Waals surface area contributed by atoms with Crippen LogP contribution in [0.2, 0.25) is 0 Å². The monoisotopic (exact) mass is 340 g/mol. The maximum Gasteiger partial charge on any atom is 0.128 e. The van der Waals surface area contributed by atoms with E-state index in [0.717, 1.165) is 46.6 Å². The molecule has 0 N–H and O–H groups in total. The van der Waals surface area contributed by atoms with Gasteiger partial charge >= 0.3 is 0 Å². The van der Waals surface area contributed by atoms with Gasteiger partial charge in [-0.05, 0) is 42.7 Å². The van der Waals surface area contributed by atoms with Gasteiger partial charge in [0, 0.05) is 5.56 Å². The maximum absolute atomic E-state index is 5.56. The van der Waals surface area contributed by atoms with E-state index in [1.807, 2.05) is 54.6 Å². The molecule has 0 bridgehead atoms. The van der Waals surface area contributed by atoms with E-state index >= 15 is 0 Å². The van der Waals surface area contributed by atoms with E-state index in [4.69, 9.17) is 14.7 Å². The Bertz CT molecular complexity index is 1030. The highest BCUT2D eigenvalue weighted by atomic mass is 16.5. The molecule has 0 unspecified atom stereocenters. The third kappa shape index (κ3) is 3.29. The summed E-state index contributed by atoms with van der Waals surface area (Å²) in [5.74, 6) is 0.818. The van der Waals surface area contributed by atoms with Crippen LogP contribution in [0.5, 0.6) is 5.75 Å². The van der Waals surface area contributed by atoms with Gasteiger partial charge in [-0.3, -0.25) is 0 Å². The zero-order valence-electron chi connectivity index (χ0n) is 14.7. The Morgan fingerprint density at radius 3 is 2.12 bits per heavy atom.